The Kier molecular flexibility index (Phi) is 3.66. The first kappa shape index (κ1) is 13.7. The molecule has 2 rings (SSSR count). The fourth-order valence-corrected chi connectivity index (χ4v) is 2.63. The predicted molar refractivity (Wildman–Crippen MR) is 73.0 cm³/mol. The van der Waals surface area contributed by atoms with E-state index in [1.165, 1.54) is 0 Å². The lowest BCUT2D eigenvalue weighted by Crippen LogP contribution is -2.42. The predicted octanol–water partition coefficient (Wildman–Crippen LogP) is 1.26. The Morgan fingerprint density at radius 1 is 1.53 bits per heavy atom. The number of carbonyl (C=O) groups is 1. The summed E-state index contributed by atoms with van der Waals surface area (Å²) in [5.41, 5.74) is 12.1. The second-order valence-corrected chi connectivity index (χ2v) is 5.19. The van der Waals surface area contributed by atoms with Gasteiger partial charge in [0.15, 0.2) is 0 Å². The van der Waals surface area contributed by atoms with E-state index in [0.717, 1.165) is 18.4 Å². The molecule has 1 fully saturated rings. The van der Waals surface area contributed by atoms with E-state index in [4.69, 9.17) is 16.2 Å². The van der Waals surface area contributed by atoms with Crippen LogP contribution in [0.15, 0.2) is 18.2 Å². The molecule has 1 aromatic carbocycles. The molecule has 1 aliphatic carbocycles. The van der Waals surface area contributed by atoms with Gasteiger partial charge >= 0.3 is 5.97 Å². The summed E-state index contributed by atoms with van der Waals surface area (Å²) in [6, 6.07) is 5.28. The van der Waals surface area contributed by atoms with Crippen molar-refractivity contribution in [2.45, 2.75) is 19.3 Å². The summed E-state index contributed by atoms with van der Waals surface area (Å²) >= 11 is 0. The Balaban J connectivity index is 2.36. The highest BCUT2D eigenvalue weighted by molar-refractivity contribution is 5.76. The van der Waals surface area contributed by atoms with Crippen LogP contribution in [0.4, 0.5) is 5.69 Å². The van der Waals surface area contributed by atoms with Gasteiger partial charge in [-0.3, -0.25) is 4.79 Å². The first-order valence-electron chi connectivity index (χ1n) is 6.39. The Hall–Kier alpha value is -1.75. The Labute approximate surface area is 112 Å². The maximum atomic E-state index is 11.7. The van der Waals surface area contributed by atoms with E-state index in [1.54, 1.807) is 25.3 Å². The molecule has 0 saturated heterocycles. The molecule has 0 amide bonds. The van der Waals surface area contributed by atoms with Crippen molar-refractivity contribution in [3.63, 3.8) is 0 Å². The van der Waals surface area contributed by atoms with Gasteiger partial charge in [-0.15, -0.1) is 0 Å². The van der Waals surface area contributed by atoms with Crippen LogP contribution in [0.5, 0.6) is 5.75 Å². The van der Waals surface area contributed by atoms with E-state index >= 15 is 0 Å². The molecule has 19 heavy (non-hydrogen) atoms. The normalized spacial score (nSPS) is 17.8. The molecule has 104 valence electrons. The van der Waals surface area contributed by atoms with Crippen molar-refractivity contribution in [2.24, 2.45) is 17.1 Å². The molecular weight excluding hydrogens is 244 g/mol. The van der Waals surface area contributed by atoms with Gasteiger partial charge in [0, 0.05) is 12.2 Å². The summed E-state index contributed by atoms with van der Waals surface area (Å²) in [4.78, 5) is 11.7. The Morgan fingerprint density at radius 3 is 2.68 bits per heavy atom. The molecule has 1 unspecified atom stereocenters. The van der Waals surface area contributed by atoms with Crippen LogP contribution in [-0.4, -0.2) is 24.7 Å². The second-order valence-electron chi connectivity index (χ2n) is 5.19. The van der Waals surface area contributed by atoms with Gasteiger partial charge in [-0.1, -0.05) is 0 Å². The maximum Gasteiger partial charge on any atom is 0.311 e. The molecule has 0 aliphatic heterocycles. The van der Waals surface area contributed by atoms with Gasteiger partial charge in [0.25, 0.3) is 0 Å². The van der Waals surface area contributed by atoms with Gasteiger partial charge in [-0.2, -0.15) is 0 Å². The molecule has 0 aromatic heterocycles. The second kappa shape index (κ2) is 5.09. The zero-order chi connectivity index (χ0) is 14.0. The summed E-state index contributed by atoms with van der Waals surface area (Å²) in [5.74, 6) is -0.0166. The highest BCUT2D eigenvalue weighted by Crippen LogP contribution is 2.48. The fourth-order valence-electron chi connectivity index (χ4n) is 2.63. The molecule has 5 heteroatoms. The molecule has 0 bridgehead atoms. The van der Waals surface area contributed by atoms with Crippen molar-refractivity contribution in [2.75, 3.05) is 19.4 Å². The van der Waals surface area contributed by atoms with Crippen molar-refractivity contribution in [3.8, 4) is 5.75 Å². The molecule has 1 aliphatic rings. The molecule has 1 aromatic rings. The van der Waals surface area contributed by atoms with E-state index < -0.39 is 11.4 Å². The number of anilines is 1. The topological polar surface area (TPSA) is 98.6 Å². The van der Waals surface area contributed by atoms with E-state index in [0.29, 0.717) is 17.9 Å². The Morgan fingerprint density at radius 2 is 2.21 bits per heavy atom. The number of hydrogen-bond acceptors (Lipinski definition) is 4. The monoisotopic (exact) mass is 264 g/mol. The average molecular weight is 264 g/mol. The number of rotatable bonds is 6. The molecule has 1 atom stereocenters. The van der Waals surface area contributed by atoms with Crippen LogP contribution in [-0.2, 0) is 11.2 Å². The highest BCUT2D eigenvalue weighted by Gasteiger charge is 2.50. The first-order valence-corrected chi connectivity index (χ1v) is 6.39. The zero-order valence-corrected chi connectivity index (χ0v) is 11.1. The van der Waals surface area contributed by atoms with Gasteiger partial charge < -0.3 is 21.3 Å². The van der Waals surface area contributed by atoms with E-state index in [9.17, 15) is 9.90 Å². The number of benzene rings is 1. The van der Waals surface area contributed by atoms with Gasteiger partial charge in [0.1, 0.15) is 5.75 Å². The molecule has 0 heterocycles. The fraction of sp³-hybridized carbons (Fsp3) is 0.500. The van der Waals surface area contributed by atoms with Crippen LogP contribution in [0.3, 0.4) is 0 Å². The minimum Gasteiger partial charge on any atom is -0.496 e. The van der Waals surface area contributed by atoms with Gasteiger partial charge in [0.2, 0.25) is 0 Å². The maximum absolute atomic E-state index is 11.7. The zero-order valence-electron chi connectivity index (χ0n) is 11.1. The van der Waals surface area contributed by atoms with E-state index in [1.807, 2.05) is 0 Å². The number of carboxylic acid groups (broad SMARTS) is 1. The van der Waals surface area contributed by atoms with Gasteiger partial charge in [-0.25, -0.2) is 0 Å². The standard InChI is InChI=1S/C14H20N2O3/c1-19-12-5-4-11(16)6-9(12)7-14(8-15,13(17)18)10-2-3-10/h4-6,10H,2-3,7-8,15-16H2,1H3,(H,17,18). The van der Waals surface area contributed by atoms with Crippen molar-refractivity contribution in [1.82, 2.24) is 0 Å². The number of nitrogen functional groups attached to an aromatic ring is 1. The third kappa shape index (κ3) is 2.51. The third-order valence-electron chi connectivity index (χ3n) is 3.96. The number of ether oxygens (including phenoxy) is 1. The molecule has 1 saturated carbocycles. The molecule has 0 spiro atoms. The summed E-state index contributed by atoms with van der Waals surface area (Å²) in [6.07, 6.45) is 2.21. The Bertz CT molecular complexity index is 486. The molecule has 0 radical (unpaired) electrons. The lowest BCUT2D eigenvalue weighted by molar-refractivity contribution is -0.149. The summed E-state index contributed by atoms with van der Waals surface area (Å²) in [6.45, 7) is 0.130. The quantitative estimate of drug-likeness (QED) is 0.672. The van der Waals surface area contributed by atoms with E-state index in [-0.39, 0.29) is 12.5 Å². The van der Waals surface area contributed by atoms with Crippen molar-refractivity contribution < 1.29 is 14.6 Å². The van der Waals surface area contributed by atoms with Crippen LogP contribution in [0.2, 0.25) is 0 Å². The van der Waals surface area contributed by atoms with Crippen molar-refractivity contribution in [1.29, 1.82) is 0 Å². The van der Waals surface area contributed by atoms with E-state index in [2.05, 4.69) is 0 Å². The SMILES string of the molecule is COc1ccc(N)cc1CC(CN)(C(=O)O)C1CC1. The summed E-state index contributed by atoms with van der Waals surface area (Å²) in [5, 5.41) is 9.58. The minimum absolute atomic E-state index is 0.130. The number of aliphatic carboxylic acids is 1. The molecule has 5 nitrogen and oxygen atoms in total. The van der Waals surface area contributed by atoms with Gasteiger partial charge in [-0.05, 0) is 48.9 Å². The number of methoxy groups -OCH3 is 1. The van der Waals surface area contributed by atoms with Crippen LogP contribution in [0.1, 0.15) is 18.4 Å². The summed E-state index contributed by atoms with van der Waals surface area (Å²) < 4.78 is 5.28. The number of nitrogens with two attached hydrogens (primary N) is 2. The minimum atomic E-state index is -0.902. The van der Waals surface area contributed by atoms with Crippen LogP contribution in [0, 0.1) is 11.3 Å². The van der Waals surface area contributed by atoms with Crippen molar-refractivity contribution in [3.05, 3.63) is 23.8 Å². The lowest BCUT2D eigenvalue weighted by Gasteiger charge is -2.28. The van der Waals surface area contributed by atoms with Crippen LogP contribution >= 0.6 is 0 Å². The van der Waals surface area contributed by atoms with Crippen LogP contribution < -0.4 is 16.2 Å². The first-order chi connectivity index (χ1) is 9.03. The molecular formula is C14H20N2O3. The number of carboxylic acids is 1. The number of hydrogen-bond donors (Lipinski definition) is 3. The van der Waals surface area contributed by atoms with Gasteiger partial charge in [0.05, 0.1) is 12.5 Å². The summed E-state index contributed by atoms with van der Waals surface area (Å²) in [7, 11) is 1.57. The lowest BCUT2D eigenvalue weighted by atomic mass is 9.77. The smallest absolute Gasteiger partial charge is 0.311 e. The van der Waals surface area contributed by atoms with Crippen molar-refractivity contribution >= 4 is 11.7 Å². The highest BCUT2D eigenvalue weighted by atomic mass is 16.5. The molecule has 5 N–H and O–H groups in total. The average Bonchev–Trinajstić information content (AvgIpc) is 3.20. The third-order valence-corrected chi connectivity index (χ3v) is 3.96. The largest absolute Gasteiger partial charge is 0.496 e. The van der Waals surface area contributed by atoms with Crippen LogP contribution in [0.25, 0.3) is 0 Å².